The van der Waals surface area contributed by atoms with E-state index < -0.39 is 6.04 Å². The summed E-state index contributed by atoms with van der Waals surface area (Å²) < 4.78 is 15.4. The molecule has 2 aromatic heterocycles. The maximum absolute atomic E-state index is 13.9. The zero-order valence-corrected chi connectivity index (χ0v) is 21.3. The van der Waals surface area contributed by atoms with Gasteiger partial charge < -0.3 is 10.2 Å². The predicted molar refractivity (Wildman–Crippen MR) is 135 cm³/mol. The Labute approximate surface area is 213 Å². The third-order valence-corrected chi connectivity index (χ3v) is 7.14. The highest BCUT2D eigenvalue weighted by molar-refractivity contribution is 6.06. The average molecular weight is 505 g/mol. The lowest BCUT2D eigenvalue weighted by molar-refractivity contribution is -0.140. The zero-order valence-electron chi connectivity index (χ0n) is 21.3. The van der Waals surface area contributed by atoms with Gasteiger partial charge in [0.05, 0.1) is 12.1 Å². The minimum absolute atomic E-state index is 0.0128. The molecule has 9 nitrogen and oxygen atoms in total. The van der Waals surface area contributed by atoms with Gasteiger partial charge in [-0.05, 0) is 62.8 Å². The van der Waals surface area contributed by atoms with Crippen molar-refractivity contribution in [1.29, 1.82) is 0 Å². The molecular formula is C27H29FN6O3. The largest absolute Gasteiger partial charge is 0.348 e. The normalized spacial score (nSPS) is 20.0. The van der Waals surface area contributed by atoms with Crippen LogP contribution in [0.4, 0.5) is 4.39 Å². The molecule has 1 saturated carbocycles. The number of hydrogen-bond donors (Lipinski definition) is 1. The second-order valence-corrected chi connectivity index (χ2v) is 10.1. The van der Waals surface area contributed by atoms with Gasteiger partial charge in [0, 0.05) is 36.3 Å². The van der Waals surface area contributed by atoms with E-state index in [-0.39, 0.29) is 54.2 Å². The van der Waals surface area contributed by atoms with E-state index in [1.54, 1.807) is 31.1 Å². The summed E-state index contributed by atoms with van der Waals surface area (Å²) in [6.45, 7) is 6.24. The number of likely N-dealkylation sites (tertiary alicyclic amines) is 1. The van der Waals surface area contributed by atoms with Crippen LogP contribution in [0.2, 0.25) is 0 Å². The molecule has 2 aliphatic rings. The van der Waals surface area contributed by atoms with Crippen molar-refractivity contribution in [1.82, 2.24) is 30.0 Å². The fraction of sp³-hybridized carbons (Fsp3) is 0.407. The number of ketones is 1. The molecule has 1 aliphatic heterocycles. The molecule has 3 heterocycles. The van der Waals surface area contributed by atoms with Crippen LogP contribution < -0.4 is 5.32 Å². The summed E-state index contributed by atoms with van der Waals surface area (Å²) in [6, 6.07) is 4.94. The summed E-state index contributed by atoms with van der Waals surface area (Å²) in [6.07, 6.45) is 4.87. The van der Waals surface area contributed by atoms with Gasteiger partial charge in [0.1, 0.15) is 29.9 Å². The summed E-state index contributed by atoms with van der Waals surface area (Å²) in [4.78, 5) is 48.8. The molecular weight excluding hydrogens is 475 g/mol. The van der Waals surface area contributed by atoms with Crippen LogP contribution in [-0.4, -0.2) is 60.9 Å². The number of benzene rings is 1. The average Bonchev–Trinajstić information content (AvgIpc) is 3.38. The maximum Gasteiger partial charge on any atom is 0.245 e. The number of aromatic nitrogens is 4. The molecule has 37 heavy (non-hydrogen) atoms. The van der Waals surface area contributed by atoms with Gasteiger partial charge in [0.25, 0.3) is 0 Å². The molecule has 192 valence electrons. The summed E-state index contributed by atoms with van der Waals surface area (Å²) in [5, 5.41) is 7.73. The van der Waals surface area contributed by atoms with Crippen LogP contribution in [0.3, 0.4) is 0 Å². The van der Waals surface area contributed by atoms with E-state index in [0.29, 0.717) is 28.7 Å². The van der Waals surface area contributed by atoms with E-state index in [9.17, 15) is 18.8 Å². The van der Waals surface area contributed by atoms with Crippen LogP contribution in [0.15, 0.2) is 42.0 Å². The van der Waals surface area contributed by atoms with E-state index in [2.05, 4.69) is 20.4 Å². The second kappa shape index (κ2) is 9.49. The van der Waals surface area contributed by atoms with Crippen LogP contribution >= 0.6 is 0 Å². The first-order chi connectivity index (χ1) is 17.6. The Bertz CT molecular complexity index is 1440. The Morgan fingerprint density at radius 2 is 1.81 bits per heavy atom. The third-order valence-electron chi connectivity index (χ3n) is 7.14. The Morgan fingerprint density at radius 1 is 1.08 bits per heavy atom. The number of fused-ring (bicyclic) bond motifs is 2. The summed E-state index contributed by atoms with van der Waals surface area (Å²) >= 11 is 0. The van der Waals surface area contributed by atoms with Crippen molar-refractivity contribution in [2.45, 2.75) is 59.2 Å². The highest BCUT2D eigenvalue weighted by Crippen LogP contribution is 2.48. The number of nitrogens with zero attached hydrogens (tertiary/aromatic N) is 5. The van der Waals surface area contributed by atoms with Gasteiger partial charge in [-0.25, -0.2) is 14.4 Å². The smallest absolute Gasteiger partial charge is 0.245 e. The van der Waals surface area contributed by atoms with Gasteiger partial charge >= 0.3 is 0 Å². The molecule has 1 N–H and O–H groups in total. The number of piperidine rings is 1. The van der Waals surface area contributed by atoms with E-state index in [1.165, 1.54) is 11.6 Å². The minimum Gasteiger partial charge on any atom is -0.348 e. The molecule has 0 radical (unpaired) electrons. The van der Waals surface area contributed by atoms with Gasteiger partial charge in [-0.3, -0.25) is 19.1 Å². The topological polar surface area (TPSA) is 110 Å². The first-order valence-electron chi connectivity index (χ1n) is 12.3. The summed E-state index contributed by atoms with van der Waals surface area (Å²) in [5.74, 6) is -0.245. The Balaban J connectivity index is 1.40. The lowest BCUT2D eigenvalue weighted by Crippen LogP contribution is -2.49. The van der Waals surface area contributed by atoms with Gasteiger partial charge in [-0.1, -0.05) is 6.07 Å². The first-order valence-corrected chi connectivity index (χ1v) is 12.3. The number of carbonyl (C=O) groups is 3. The molecule has 0 bridgehead atoms. The number of hydrogen-bond acceptors (Lipinski definition) is 6. The number of aryl methyl sites for hydroxylation is 1. The molecule has 10 heteroatoms. The van der Waals surface area contributed by atoms with Gasteiger partial charge in [0.2, 0.25) is 11.8 Å². The maximum atomic E-state index is 13.9. The third kappa shape index (κ3) is 4.75. The Hall–Kier alpha value is -3.95. The second-order valence-electron chi connectivity index (χ2n) is 10.1. The highest BCUT2D eigenvalue weighted by Gasteiger charge is 2.56. The molecule has 2 amide bonds. The van der Waals surface area contributed by atoms with Crippen molar-refractivity contribution >= 4 is 28.5 Å². The number of amides is 2. The van der Waals surface area contributed by atoms with Gasteiger partial charge in [-0.2, -0.15) is 5.10 Å². The fourth-order valence-electron chi connectivity index (χ4n) is 5.00. The Morgan fingerprint density at radius 3 is 2.49 bits per heavy atom. The number of nitrogens with one attached hydrogen (secondary N) is 1. The number of Topliss-reactive ketones (excluding diaryl/α,β-unsaturated/α-hetero) is 1. The molecule has 5 rings (SSSR count). The van der Waals surface area contributed by atoms with E-state index in [1.807, 2.05) is 25.1 Å². The van der Waals surface area contributed by atoms with Gasteiger partial charge in [-0.15, -0.1) is 0 Å². The van der Waals surface area contributed by atoms with Crippen molar-refractivity contribution in [2.75, 3.05) is 6.54 Å². The highest BCUT2D eigenvalue weighted by atomic mass is 19.1. The molecule has 0 spiro atoms. The van der Waals surface area contributed by atoms with E-state index in [4.69, 9.17) is 0 Å². The molecule has 2 fully saturated rings. The van der Waals surface area contributed by atoms with Crippen LogP contribution in [-0.2, 0) is 16.1 Å². The number of carbonyl (C=O) groups excluding carboxylic acids is 3. The minimum atomic E-state index is -0.636. The van der Waals surface area contributed by atoms with E-state index in [0.717, 1.165) is 17.5 Å². The lowest BCUT2D eigenvalue weighted by atomic mass is 10.0. The van der Waals surface area contributed by atoms with Gasteiger partial charge in [0.15, 0.2) is 5.78 Å². The monoisotopic (exact) mass is 504 g/mol. The fourth-order valence-corrected chi connectivity index (χ4v) is 5.00. The number of allylic oxidation sites excluding steroid dienone is 1. The summed E-state index contributed by atoms with van der Waals surface area (Å²) in [7, 11) is 0. The molecule has 1 unspecified atom stereocenters. The SMILES string of the molecule is CC(=O)c1nn(CC(=O)N2C3C[C@@H]3C[C@H]2C(=O)NCC(F)=C(C)C)c2ccc(-c3cnc(C)nc3)cc12. The first kappa shape index (κ1) is 24.7. The van der Waals surface area contributed by atoms with Crippen molar-refractivity contribution in [3.8, 4) is 11.1 Å². The van der Waals surface area contributed by atoms with Crippen LogP contribution in [0.1, 0.15) is 49.9 Å². The number of rotatable bonds is 7. The lowest BCUT2D eigenvalue weighted by Gasteiger charge is -2.27. The van der Waals surface area contributed by atoms with Crippen LogP contribution in [0, 0.1) is 12.8 Å². The van der Waals surface area contributed by atoms with Crippen LogP contribution in [0.25, 0.3) is 22.0 Å². The van der Waals surface area contributed by atoms with Crippen molar-refractivity contribution in [3.05, 3.63) is 53.5 Å². The molecule has 3 aromatic rings. The molecule has 1 saturated heterocycles. The predicted octanol–water partition coefficient (Wildman–Crippen LogP) is 3.37. The van der Waals surface area contributed by atoms with E-state index >= 15 is 0 Å². The molecule has 1 aromatic carbocycles. The zero-order chi connectivity index (χ0) is 26.4. The summed E-state index contributed by atoms with van der Waals surface area (Å²) in [5.41, 5.74) is 3.07. The van der Waals surface area contributed by atoms with Crippen molar-refractivity contribution in [3.63, 3.8) is 0 Å². The van der Waals surface area contributed by atoms with Crippen molar-refractivity contribution in [2.24, 2.45) is 5.92 Å². The van der Waals surface area contributed by atoms with Crippen molar-refractivity contribution < 1.29 is 18.8 Å². The quantitative estimate of drug-likeness (QED) is 0.494. The molecule has 1 aliphatic carbocycles. The van der Waals surface area contributed by atoms with Crippen LogP contribution in [0.5, 0.6) is 0 Å². The standard InChI is InChI=1S/C27H29FN6O3/c1-14(2)21(28)12-31-27(37)24-9-18-8-23(18)34(24)25(36)13-33-22-6-5-17(19-10-29-16(4)30-11-19)7-20(22)26(32-33)15(3)35/h5-7,10-11,18,23-24H,8-9,12-13H2,1-4H3,(H,31,37)/t18-,23?,24+/m1/s1. The Kier molecular flexibility index (Phi) is 6.35. The molecule has 3 atom stereocenters. The number of halogens is 1.